The molecule has 1 fully saturated rings. The van der Waals surface area contributed by atoms with E-state index in [-0.39, 0.29) is 11.3 Å². The summed E-state index contributed by atoms with van der Waals surface area (Å²) in [5, 5.41) is 10.9. The number of hydrogen-bond donors (Lipinski definition) is 2. The van der Waals surface area contributed by atoms with Gasteiger partial charge >= 0.3 is 0 Å². The van der Waals surface area contributed by atoms with Crippen LogP contribution >= 0.6 is 0 Å². The largest absolute Gasteiger partial charge is 0.352 e. The zero-order valence-corrected chi connectivity index (χ0v) is 14.0. The Morgan fingerprint density at radius 1 is 1.30 bits per heavy atom. The molecular formula is C18H24N4O. The van der Waals surface area contributed by atoms with E-state index in [0.29, 0.717) is 18.0 Å². The molecule has 23 heavy (non-hydrogen) atoms. The van der Waals surface area contributed by atoms with Crippen LogP contribution in [0, 0.1) is 5.92 Å². The topological polar surface area (TPSA) is 59.0 Å². The van der Waals surface area contributed by atoms with Crippen molar-refractivity contribution in [3.63, 3.8) is 0 Å². The van der Waals surface area contributed by atoms with Gasteiger partial charge in [-0.1, -0.05) is 39.0 Å². The normalized spacial score (nSPS) is 15.3. The highest BCUT2D eigenvalue weighted by molar-refractivity contribution is 5.95. The number of para-hydroxylation sites is 1. The minimum absolute atomic E-state index is 0.0380. The van der Waals surface area contributed by atoms with Crippen molar-refractivity contribution in [1.29, 1.82) is 0 Å². The second-order valence-corrected chi connectivity index (χ2v) is 7.16. The smallest absolute Gasteiger partial charge is 0.254 e. The predicted octanol–water partition coefficient (Wildman–Crippen LogP) is 2.12. The van der Waals surface area contributed by atoms with Crippen molar-refractivity contribution < 1.29 is 4.79 Å². The summed E-state index contributed by atoms with van der Waals surface area (Å²) in [6, 6.07) is 9.88. The van der Waals surface area contributed by atoms with Crippen LogP contribution in [0.5, 0.6) is 0 Å². The number of benzene rings is 1. The standard InChI is InChI=1S/C18H24N4O/c1-18(2,3)16-15(17(23)20-11-13-9-19-10-13)12-22(21-16)14-7-5-4-6-8-14/h4-8,12-13,19H,9-11H2,1-3H3,(H,20,23). The summed E-state index contributed by atoms with van der Waals surface area (Å²) in [7, 11) is 0. The van der Waals surface area contributed by atoms with Crippen LogP contribution in [0.2, 0.25) is 0 Å². The molecule has 0 atom stereocenters. The number of rotatable bonds is 4. The summed E-state index contributed by atoms with van der Waals surface area (Å²) in [5.74, 6) is 0.505. The van der Waals surface area contributed by atoms with Crippen molar-refractivity contribution in [2.75, 3.05) is 19.6 Å². The van der Waals surface area contributed by atoms with E-state index in [0.717, 1.165) is 24.5 Å². The summed E-state index contributed by atoms with van der Waals surface area (Å²) < 4.78 is 1.79. The Kier molecular flexibility index (Phi) is 4.22. The van der Waals surface area contributed by atoms with Crippen LogP contribution in [-0.4, -0.2) is 35.3 Å². The van der Waals surface area contributed by atoms with E-state index in [1.54, 1.807) is 4.68 Å². The van der Waals surface area contributed by atoms with Crippen molar-refractivity contribution in [2.24, 2.45) is 5.92 Å². The molecule has 0 bridgehead atoms. The fourth-order valence-corrected chi connectivity index (χ4v) is 2.63. The van der Waals surface area contributed by atoms with E-state index in [9.17, 15) is 4.79 Å². The van der Waals surface area contributed by atoms with Crippen molar-refractivity contribution in [1.82, 2.24) is 20.4 Å². The molecule has 0 saturated carbocycles. The van der Waals surface area contributed by atoms with Gasteiger partial charge in [0.2, 0.25) is 0 Å². The summed E-state index contributed by atoms with van der Waals surface area (Å²) >= 11 is 0. The van der Waals surface area contributed by atoms with Gasteiger partial charge in [-0.15, -0.1) is 0 Å². The van der Waals surface area contributed by atoms with Crippen LogP contribution in [0.15, 0.2) is 36.5 Å². The Balaban J connectivity index is 1.87. The maximum atomic E-state index is 12.6. The monoisotopic (exact) mass is 312 g/mol. The third-order valence-corrected chi connectivity index (χ3v) is 4.11. The molecule has 1 aromatic carbocycles. The van der Waals surface area contributed by atoms with E-state index in [2.05, 4.69) is 36.5 Å². The molecule has 1 aliphatic heterocycles. The van der Waals surface area contributed by atoms with Crippen LogP contribution in [-0.2, 0) is 5.41 Å². The third kappa shape index (κ3) is 3.45. The lowest BCUT2D eigenvalue weighted by Crippen LogP contribution is -2.48. The van der Waals surface area contributed by atoms with E-state index in [4.69, 9.17) is 0 Å². The molecule has 3 rings (SSSR count). The first-order valence-electron chi connectivity index (χ1n) is 8.09. The van der Waals surface area contributed by atoms with Crippen LogP contribution in [0.3, 0.4) is 0 Å². The average molecular weight is 312 g/mol. The second kappa shape index (κ2) is 6.16. The molecule has 1 saturated heterocycles. The Bertz CT molecular complexity index is 681. The molecule has 1 aromatic heterocycles. The number of carbonyl (C=O) groups excluding carboxylic acids is 1. The van der Waals surface area contributed by atoms with Gasteiger partial charge in [-0.05, 0) is 12.1 Å². The summed E-state index contributed by atoms with van der Waals surface area (Å²) in [5.41, 5.74) is 2.25. The van der Waals surface area contributed by atoms with Gasteiger partial charge in [-0.25, -0.2) is 4.68 Å². The first kappa shape index (κ1) is 15.7. The number of aromatic nitrogens is 2. The van der Waals surface area contributed by atoms with Crippen LogP contribution in [0.25, 0.3) is 5.69 Å². The predicted molar refractivity (Wildman–Crippen MR) is 91.0 cm³/mol. The van der Waals surface area contributed by atoms with Crippen LogP contribution in [0.4, 0.5) is 0 Å². The van der Waals surface area contributed by atoms with Gasteiger partial charge < -0.3 is 10.6 Å². The zero-order chi connectivity index (χ0) is 16.4. The lowest BCUT2D eigenvalue weighted by Gasteiger charge is -2.27. The highest BCUT2D eigenvalue weighted by Gasteiger charge is 2.27. The summed E-state index contributed by atoms with van der Waals surface area (Å²) in [6.07, 6.45) is 1.84. The number of nitrogens with zero attached hydrogens (tertiary/aromatic N) is 2. The van der Waals surface area contributed by atoms with Gasteiger partial charge in [0.25, 0.3) is 5.91 Å². The van der Waals surface area contributed by atoms with Gasteiger partial charge in [-0.3, -0.25) is 4.79 Å². The maximum absolute atomic E-state index is 12.6. The van der Waals surface area contributed by atoms with Crippen molar-refractivity contribution in [3.8, 4) is 5.69 Å². The van der Waals surface area contributed by atoms with E-state index in [1.807, 2.05) is 36.5 Å². The molecule has 0 spiro atoms. The zero-order valence-electron chi connectivity index (χ0n) is 14.0. The molecular weight excluding hydrogens is 288 g/mol. The molecule has 2 aromatic rings. The SMILES string of the molecule is CC(C)(C)c1nn(-c2ccccc2)cc1C(=O)NCC1CNC1. The molecule has 2 N–H and O–H groups in total. The minimum atomic E-state index is -0.190. The average Bonchev–Trinajstić information content (AvgIpc) is 2.92. The number of nitrogens with one attached hydrogen (secondary N) is 2. The van der Waals surface area contributed by atoms with Crippen molar-refractivity contribution in [3.05, 3.63) is 47.8 Å². The van der Waals surface area contributed by atoms with Gasteiger partial charge in [0.1, 0.15) is 0 Å². The molecule has 0 aliphatic carbocycles. The molecule has 0 unspecified atom stereocenters. The summed E-state index contributed by atoms with van der Waals surface area (Å²) in [4.78, 5) is 12.6. The maximum Gasteiger partial charge on any atom is 0.254 e. The number of amides is 1. The molecule has 2 heterocycles. The third-order valence-electron chi connectivity index (χ3n) is 4.11. The fourth-order valence-electron chi connectivity index (χ4n) is 2.63. The Morgan fingerprint density at radius 3 is 2.57 bits per heavy atom. The first-order chi connectivity index (χ1) is 10.9. The van der Waals surface area contributed by atoms with E-state index in [1.165, 1.54) is 0 Å². The molecule has 1 amide bonds. The van der Waals surface area contributed by atoms with Gasteiger partial charge in [0, 0.05) is 37.2 Å². The highest BCUT2D eigenvalue weighted by Crippen LogP contribution is 2.25. The number of hydrogen-bond acceptors (Lipinski definition) is 3. The lowest BCUT2D eigenvalue weighted by atomic mass is 9.89. The van der Waals surface area contributed by atoms with Crippen molar-refractivity contribution >= 4 is 5.91 Å². The van der Waals surface area contributed by atoms with Gasteiger partial charge in [0.15, 0.2) is 0 Å². The van der Waals surface area contributed by atoms with Gasteiger partial charge in [-0.2, -0.15) is 5.10 Å². The molecule has 1 aliphatic rings. The molecule has 5 heteroatoms. The van der Waals surface area contributed by atoms with Crippen LogP contribution < -0.4 is 10.6 Å². The van der Waals surface area contributed by atoms with E-state index >= 15 is 0 Å². The highest BCUT2D eigenvalue weighted by atomic mass is 16.1. The van der Waals surface area contributed by atoms with E-state index < -0.39 is 0 Å². The Labute approximate surface area is 137 Å². The van der Waals surface area contributed by atoms with Gasteiger partial charge in [0.05, 0.1) is 16.9 Å². The quantitative estimate of drug-likeness (QED) is 0.909. The Morgan fingerprint density at radius 2 is 2.00 bits per heavy atom. The lowest BCUT2D eigenvalue weighted by molar-refractivity contribution is 0.0940. The molecule has 0 radical (unpaired) electrons. The Hall–Kier alpha value is -2.14. The summed E-state index contributed by atoms with van der Waals surface area (Å²) in [6.45, 7) is 8.92. The first-order valence-corrected chi connectivity index (χ1v) is 8.09. The van der Waals surface area contributed by atoms with Crippen molar-refractivity contribution in [2.45, 2.75) is 26.2 Å². The fraction of sp³-hybridized carbons (Fsp3) is 0.444. The second-order valence-electron chi connectivity index (χ2n) is 7.16. The molecule has 122 valence electrons. The molecule has 5 nitrogen and oxygen atoms in total. The van der Waals surface area contributed by atoms with Crippen LogP contribution in [0.1, 0.15) is 36.8 Å². The minimum Gasteiger partial charge on any atom is -0.352 e. The number of carbonyl (C=O) groups is 1.